The van der Waals surface area contributed by atoms with E-state index < -0.39 is 4.92 Å². The van der Waals surface area contributed by atoms with Crippen molar-refractivity contribution in [2.75, 3.05) is 11.9 Å². The number of fused-ring (bicyclic) bond motifs is 1. The minimum Gasteiger partial charge on any atom is -0.354 e. The van der Waals surface area contributed by atoms with E-state index in [0.717, 1.165) is 15.8 Å². The van der Waals surface area contributed by atoms with Crippen molar-refractivity contribution < 1.29 is 9.72 Å². The zero-order valence-corrected chi connectivity index (χ0v) is 13.1. The highest BCUT2D eigenvalue weighted by molar-refractivity contribution is 7.22. The Balaban J connectivity index is 1.68. The van der Waals surface area contributed by atoms with E-state index in [1.807, 2.05) is 19.1 Å². The number of anilines is 1. The van der Waals surface area contributed by atoms with Gasteiger partial charge in [-0.05, 0) is 36.8 Å². The first-order chi connectivity index (χ1) is 11.0. The average Bonchev–Trinajstić information content (AvgIpc) is 2.94. The highest BCUT2D eigenvalue weighted by Gasteiger charge is 2.10. The normalized spacial score (nSPS) is 10.7. The number of benzene rings is 2. The number of carbonyl (C=O) groups excluding carboxylic acids is 1. The van der Waals surface area contributed by atoms with Crippen LogP contribution in [0.15, 0.2) is 42.5 Å². The number of hydrogen-bond donors (Lipinski definition) is 1. The third-order valence-electron chi connectivity index (χ3n) is 3.34. The van der Waals surface area contributed by atoms with Gasteiger partial charge in [-0.15, -0.1) is 0 Å². The van der Waals surface area contributed by atoms with E-state index in [4.69, 9.17) is 0 Å². The van der Waals surface area contributed by atoms with Crippen molar-refractivity contribution in [3.63, 3.8) is 0 Å². The minimum absolute atomic E-state index is 0.0314. The van der Waals surface area contributed by atoms with E-state index in [1.165, 1.54) is 35.6 Å². The van der Waals surface area contributed by atoms with E-state index >= 15 is 0 Å². The van der Waals surface area contributed by atoms with Crippen LogP contribution in [0, 0.1) is 17.0 Å². The number of nitrogens with one attached hydrogen (secondary N) is 1. The Morgan fingerprint density at radius 1 is 1.26 bits per heavy atom. The average molecular weight is 327 g/mol. The second-order valence-electron chi connectivity index (χ2n) is 5.07. The SMILES string of the molecule is Cc1ccc2nc(NCC(=O)c3ccc([N+](=O)[O-])cc3)sc2c1. The highest BCUT2D eigenvalue weighted by Crippen LogP contribution is 2.26. The zero-order valence-electron chi connectivity index (χ0n) is 12.3. The van der Waals surface area contributed by atoms with Crippen LogP contribution >= 0.6 is 11.3 Å². The maximum atomic E-state index is 12.1. The first-order valence-corrected chi connectivity index (χ1v) is 7.73. The summed E-state index contributed by atoms with van der Waals surface area (Å²) in [5.74, 6) is -0.143. The Kier molecular flexibility index (Phi) is 4.03. The van der Waals surface area contributed by atoms with Crippen LogP contribution in [0.4, 0.5) is 10.8 Å². The number of nitrogens with zero attached hydrogens (tertiary/aromatic N) is 2. The van der Waals surface area contributed by atoms with Gasteiger partial charge in [0.25, 0.3) is 5.69 Å². The summed E-state index contributed by atoms with van der Waals surface area (Å²) in [6.07, 6.45) is 0. The number of aromatic nitrogens is 1. The summed E-state index contributed by atoms with van der Waals surface area (Å²) >= 11 is 1.49. The predicted molar refractivity (Wildman–Crippen MR) is 90.3 cm³/mol. The Hall–Kier alpha value is -2.80. The smallest absolute Gasteiger partial charge is 0.269 e. The maximum Gasteiger partial charge on any atom is 0.269 e. The van der Waals surface area contributed by atoms with Crippen LogP contribution in [0.5, 0.6) is 0 Å². The van der Waals surface area contributed by atoms with Crippen LogP contribution in [0.25, 0.3) is 10.2 Å². The van der Waals surface area contributed by atoms with Gasteiger partial charge in [-0.3, -0.25) is 14.9 Å². The molecular formula is C16H13N3O3S. The molecule has 0 bridgehead atoms. The van der Waals surface area contributed by atoms with Gasteiger partial charge >= 0.3 is 0 Å². The van der Waals surface area contributed by atoms with Gasteiger partial charge in [-0.1, -0.05) is 17.4 Å². The number of ketones is 1. The largest absolute Gasteiger partial charge is 0.354 e. The van der Waals surface area contributed by atoms with Crippen molar-refractivity contribution in [2.24, 2.45) is 0 Å². The van der Waals surface area contributed by atoms with Crippen LogP contribution in [-0.4, -0.2) is 22.2 Å². The number of carbonyl (C=O) groups is 1. The molecule has 0 saturated carbocycles. The molecule has 23 heavy (non-hydrogen) atoms. The van der Waals surface area contributed by atoms with E-state index in [0.29, 0.717) is 10.7 Å². The van der Waals surface area contributed by atoms with Gasteiger partial charge < -0.3 is 5.32 Å². The minimum atomic E-state index is -0.490. The standard InChI is InChI=1S/C16H13N3O3S/c1-10-2-7-13-15(8-10)23-16(18-13)17-9-14(20)11-3-5-12(6-4-11)19(21)22/h2-8H,9H2,1H3,(H,17,18). The molecule has 1 aromatic heterocycles. The van der Waals surface area contributed by atoms with E-state index in [1.54, 1.807) is 0 Å². The molecule has 0 saturated heterocycles. The Bertz CT molecular complexity index is 887. The molecule has 1 heterocycles. The number of rotatable bonds is 5. The molecule has 0 aliphatic rings. The number of nitro groups is 1. The summed E-state index contributed by atoms with van der Waals surface area (Å²) < 4.78 is 1.07. The summed E-state index contributed by atoms with van der Waals surface area (Å²) in [5.41, 5.74) is 2.46. The molecule has 0 aliphatic heterocycles. The predicted octanol–water partition coefficient (Wildman–Crippen LogP) is 3.81. The van der Waals surface area contributed by atoms with Gasteiger partial charge in [0.1, 0.15) is 0 Å². The van der Waals surface area contributed by atoms with Gasteiger partial charge in [0.05, 0.1) is 21.7 Å². The molecule has 3 aromatic rings. The van der Waals surface area contributed by atoms with Crippen molar-refractivity contribution in [2.45, 2.75) is 6.92 Å². The van der Waals surface area contributed by atoms with Gasteiger partial charge in [0.15, 0.2) is 10.9 Å². The summed E-state index contributed by atoms with van der Waals surface area (Å²) in [6.45, 7) is 2.11. The van der Waals surface area contributed by atoms with Crippen molar-refractivity contribution in [1.29, 1.82) is 0 Å². The molecule has 7 heteroatoms. The Morgan fingerprint density at radius 2 is 2.00 bits per heavy atom. The number of thiazole rings is 1. The lowest BCUT2D eigenvalue weighted by Gasteiger charge is -2.02. The van der Waals surface area contributed by atoms with E-state index in [9.17, 15) is 14.9 Å². The molecule has 3 rings (SSSR count). The van der Waals surface area contributed by atoms with Crippen LogP contribution in [0.3, 0.4) is 0 Å². The molecule has 116 valence electrons. The Labute approximate surface area is 135 Å². The summed E-state index contributed by atoms with van der Waals surface area (Å²) in [7, 11) is 0. The fourth-order valence-corrected chi connectivity index (χ4v) is 3.09. The molecule has 0 atom stereocenters. The first kappa shape index (κ1) is 15.1. The van der Waals surface area contributed by atoms with Crippen molar-refractivity contribution in [3.8, 4) is 0 Å². The third-order valence-corrected chi connectivity index (χ3v) is 4.32. The first-order valence-electron chi connectivity index (χ1n) is 6.91. The van der Waals surface area contributed by atoms with Crippen molar-refractivity contribution >= 4 is 38.2 Å². The molecular weight excluding hydrogens is 314 g/mol. The molecule has 0 fully saturated rings. The van der Waals surface area contributed by atoms with Crippen LogP contribution in [-0.2, 0) is 0 Å². The molecule has 6 nitrogen and oxygen atoms in total. The summed E-state index contributed by atoms with van der Waals surface area (Å²) in [6, 6.07) is 11.6. The van der Waals surface area contributed by atoms with Gasteiger partial charge in [0, 0.05) is 17.7 Å². The maximum absolute atomic E-state index is 12.1. The third kappa shape index (κ3) is 3.35. The second-order valence-corrected chi connectivity index (χ2v) is 6.10. The molecule has 1 N–H and O–H groups in total. The summed E-state index contributed by atoms with van der Waals surface area (Å²) in [5, 5.41) is 14.3. The van der Waals surface area contributed by atoms with E-state index in [2.05, 4.69) is 16.4 Å². The highest BCUT2D eigenvalue weighted by atomic mass is 32.1. The lowest BCUT2D eigenvalue weighted by Crippen LogP contribution is -2.13. The van der Waals surface area contributed by atoms with Crippen LogP contribution in [0.1, 0.15) is 15.9 Å². The van der Waals surface area contributed by atoms with Gasteiger partial charge in [0.2, 0.25) is 0 Å². The molecule has 0 unspecified atom stereocenters. The lowest BCUT2D eigenvalue weighted by molar-refractivity contribution is -0.384. The monoisotopic (exact) mass is 327 g/mol. The zero-order chi connectivity index (χ0) is 16.4. The number of Topliss-reactive ketones (excluding diaryl/α,β-unsaturated/α-hetero) is 1. The number of hydrogen-bond acceptors (Lipinski definition) is 6. The lowest BCUT2D eigenvalue weighted by atomic mass is 10.1. The fraction of sp³-hybridized carbons (Fsp3) is 0.125. The molecule has 2 aromatic carbocycles. The quantitative estimate of drug-likeness (QED) is 0.437. The number of nitro benzene ring substituents is 1. The summed E-state index contributed by atoms with van der Waals surface area (Å²) in [4.78, 5) is 26.6. The molecule has 0 radical (unpaired) electrons. The van der Waals surface area contributed by atoms with Crippen molar-refractivity contribution in [1.82, 2.24) is 4.98 Å². The van der Waals surface area contributed by atoms with E-state index in [-0.39, 0.29) is 18.0 Å². The number of aryl methyl sites for hydroxylation is 1. The molecule has 0 amide bonds. The Morgan fingerprint density at radius 3 is 2.70 bits per heavy atom. The van der Waals surface area contributed by atoms with Gasteiger partial charge in [-0.2, -0.15) is 0 Å². The van der Waals surface area contributed by atoms with Crippen LogP contribution in [0.2, 0.25) is 0 Å². The molecule has 0 aliphatic carbocycles. The van der Waals surface area contributed by atoms with Gasteiger partial charge in [-0.25, -0.2) is 4.98 Å². The fourth-order valence-electron chi connectivity index (χ4n) is 2.13. The van der Waals surface area contributed by atoms with Crippen LogP contribution < -0.4 is 5.32 Å². The second kappa shape index (κ2) is 6.13. The molecule has 0 spiro atoms. The number of non-ortho nitro benzene ring substituents is 1. The topological polar surface area (TPSA) is 85.1 Å². The van der Waals surface area contributed by atoms with Crippen molar-refractivity contribution in [3.05, 3.63) is 63.7 Å².